The van der Waals surface area contributed by atoms with E-state index in [0.29, 0.717) is 10.0 Å². The molecule has 2 aromatic carbocycles. The number of thioether (sulfide) groups is 1. The van der Waals surface area contributed by atoms with Crippen LogP contribution in [-0.2, 0) is 4.74 Å². The summed E-state index contributed by atoms with van der Waals surface area (Å²) in [6.45, 7) is 2.21. The lowest BCUT2D eigenvalue weighted by molar-refractivity contribution is 0.131. The van der Waals surface area contributed by atoms with Gasteiger partial charge in [-0.25, -0.2) is 4.79 Å². The highest BCUT2D eigenvalue weighted by atomic mass is 35.5. The number of aliphatic hydroxyl groups is 1. The van der Waals surface area contributed by atoms with Gasteiger partial charge < -0.3 is 15.2 Å². The fourth-order valence-corrected chi connectivity index (χ4v) is 3.36. The normalized spacial score (nSPS) is 13.1. The number of carbonyl (C=O) groups is 1. The molecule has 0 radical (unpaired) electrons. The van der Waals surface area contributed by atoms with E-state index < -0.39 is 18.1 Å². The second kappa shape index (κ2) is 10.1. The molecule has 140 valence electrons. The van der Waals surface area contributed by atoms with Crippen molar-refractivity contribution in [3.63, 3.8) is 0 Å². The van der Waals surface area contributed by atoms with Crippen molar-refractivity contribution in [1.29, 1.82) is 0 Å². The summed E-state index contributed by atoms with van der Waals surface area (Å²) < 4.78 is 4.91. The highest BCUT2D eigenvalue weighted by Gasteiger charge is 2.24. The Labute approximate surface area is 167 Å². The third kappa shape index (κ3) is 5.55. The maximum Gasteiger partial charge on any atom is 0.407 e. The highest BCUT2D eigenvalue weighted by Crippen LogP contribution is 2.35. The second-order valence-corrected chi connectivity index (χ2v) is 7.30. The van der Waals surface area contributed by atoms with Crippen LogP contribution in [0, 0.1) is 0 Å². The average molecular weight is 414 g/mol. The highest BCUT2D eigenvalue weighted by molar-refractivity contribution is 7.98. The summed E-state index contributed by atoms with van der Waals surface area (Å²) in [5.74, 6) is -0.411. The molecule has 0 aliphatic heterocycles. The van der Waals surface area contributed by atoms with Crippen LogP contribution >= 0.6 is 35.0 Å². The van der Waals surface area contributed by atoms with E-state index in [1.165, 1.54) is 0 Å². The lowest BCUT2D eigenvalue weighted by Crippen LogP contribution is -2.31. The summed E-state index contributed by atoms with van der Waals surface area (Å²) >= 11 is 13.7. The monoisotopic (exact) mass is 413 g/mol. The zero-order valence-corrected chi connectivity index (χ0v) is 16.9. The predicted octanol–water partition coefficient (Wildman–Crippen LogP) is 5.28. The molecule has 0 spiro atoms. The molecule has 2 aromatic rings. The van der Waals surface area contributed by atoms with E-state index in [9.17, 15) is 9.90 Å². The van der Waals surface area contributed by atoms with Crippen molar-refractivity contribution in [1.82, 2.24) is 5.32 Å². The van der Waals surface area contributed by atoms with Gasteiger partial charge in [-0.1, -0.05) is 41.4 Å². The number of rotatable bonds is 7. The van der Waals surface area contributed by atoms with Gasteiger partial charge in [0.05, 0.1) is 22.8 Å². The Hall–Kier alpha value is -1.40. The molecule has 2 rings (SSSR count). The Bertz CT molecular complexity index is 757. The number of halogens is 2. The first-order valence-electron chi connectivity index (χ1n) is 8.13. The maximum absolute atomic E-state index is 11.7. The van der Waals surface area contributed by atoms with Crippen LogP contribution in [0.1, 0.15) is 30.1 Å². The lowest BCUT2D eigenvalue weighted by atomic mass is 9.89. The molecule has 0 fully saturated rings. The molecule has 1 amide bonds. The first-order chi connectivity index (χ1) is 12.5. The molecule has 26 heavy (non-hydrogen) atoms. The van der Waals surface area contributed by atoms with Crippen molar-refractivity contribution in [3.05, 3.63) is 63.6 Å². The zero-order valence-electron chi connectivity index (χ0n) is 14.5. The number of nitrogens with one attached hydrogen (secondary N) is 1. The van der Waals surface area contributed by atoms with Gasteiger partial charge in [-0.3, -0.25) is 0 Å². The molecule has 2 unspecified atom stereocenters. The van der Waals surface area contributed by atoms with E-state index in [2.05, 4.69) is 5.32 Å². The van der Waals surface area contributed by atoms with Gasteiger partial charge >= 0.3 is 6.09 Å². The van der Waals surface area contributed by atoms with E-state index in [1.54, 1.807) is 36.9 Å². The molecular weight excluding hydrogens is 393 g/mol. The Morgan fingerprint density at radius 2 is 1.96 bits per heavy atom. The third-order valence-corrected chi connectivity index (χ3v) is 5.39. The molecule has 2 N–H and O–H groups in total. The summed E-state index contributed by atoms with van der Waals surface area (Å²) in [5, 5.41) is 14.5. The molecule has 4 nitrogen and oxygen atoms in total. The molecule has 0 bridgehead atoms. The van der Waals surface area contributed by atoms with E-state index in [1.807, 2.05) is 30.5 Å². The minimum atomic E-state index is -0.832. The van der Waals surface area contributed by atoms with Crippen LogP contribution in [0.5, 0.6) is 0 Å². The average Bonchev–Trinajstić information content (AvgIpc) is 2.64. The molecular formula is C19H21Cl2NO3S. The summed E-state index contributed by atoms with van der Waals surface area (Å²) in [6.07, 6.45) is 0.619. The third-order valence-electron chi connectivity index (χ3n) is 3.93. The summed E-state index contributed by atoms with van der Waals surface area (Å²) in [6, 6.07) is 12.9. The van der Waals surface area contributed by atoms with Gasteiger partial charge in [0.25, 0.3) is 0 Å². The summed E-state index contributed by atoms with van der Waals surface area (Å²) in [4.78, 5) is 12.7. The van der Waals surface area contributed by atoms with Crippen molar-refractivity contribution in [2.45, 2.75) is 23.8 Å². The number of hydrogen-bond acceptors (Lipinski definition) is 4. The molecule has 0 saturated carbocycles. The van der Waals surface area contributed by atoms with E-state index >= 15 is 0 Å². The number of benzene rings is 2. The smallest absolute Gasteiger partial charge is 0.407 e. The number of aliphatic hydroxyl groups excluding tert-OH is 1. The fraction of sp³-hybridized carbons (Fsp3) is 0.316. The first-order valence-corrected chi connectivity index (χ1v) is 10.1. The van der Waals surface area contributed by atoms with Gasteiger partial charge in [0.15, 0.2) is 0 Å². The van der Waals surface area contributed by atoms with Crippen molar-refractivity contribution >= 4 is 41.1 Å². The van der Waals surface area contributed by atoms with Crippen LogP contribution in [0.15, 0.2) is 47.4 Å². The van der Waals surface area contributed by atoms with E-state index in [-0.39, 0.29) is 13.2 Å². The van der Waals surface area contributed by atoms with Crippen LogP contribution in [0.25, 0.3) is 0 Å². The number of carbonyl (C=O) groups excluding carboxylic acids is 1. The van der Waals surface area contributed by atoms with Gasteiger partial charge in [-0.2, -0.15) is 0 Å². The van der Waals surface area contributed by atoms with Crippen LogP contribution in [0.3, 0.4) is 0 Å². The Balaban J connectivity index is 2.31. The number of ether oxygens (including phenoxy) is 1. The van der Waals surface area contributed by atoms with Crippen LogP contribution < -0.4 is 5.32 Å². The summed E-state index contributed by atoms with van der Waals surface area (Å²) in [7, 11) is 0. The molecule has 0 aromatic heterocycles. The van der Waals surface area contributed by atoms with Gasteiger partial charge in [0, 0.05) is 17.4 Å². The maximum atomic E-state index is 11.7. The molecule has 0 heterocycles. The largest absolute Gasteiger partial charge is 0.450 e. The molecule has 2 atom stereocenters. The minimum Gasteiger partial charge on any atom is -0.450 e. The SMILES string of the molecule is CCOC(=O)NCC(c1ccc(Cl)c(Cl)c1)C(O)c1cccc(SC)c1. The number of hydrogen-bond donors (Lipinski definition) is 2. The Morgan fingerprint density at radius 3 is 2.62 bits per heavy atom. The van der Waals surface area contributed by atoms with Crippen molar-refractivity contribution in [3.8, 4) is 0 Å². The Morgan fingerprint density at radius 1 is 1.19 bits per heavy atom. The first kappa shape index (κ1) is 20.9. The predicted molar refractivity (Wildman–Crippen MR) is 107 cm³/mol. The van der Waals surface area contributed by atoms with E-state index in [0.717, 1.165) is 16.0 Å². The summed E-state index contributed by atoms with van der Waals surface area (Å²) in [5.41, 5.74) is 1.54. The number of amides is 1. The van der Waals surface area contributed by atoms with Crippen LogP contribution in [0.4, 0.5) is 4.79 Å². The quantitative estimate of drug-likeness (QED) is 0.606. The molecule has 7 heteroatoms. The van der Waals surface area contributed by atoms with Crippen LogP contribution in [0.2, 0.25) is 10.0 Å². The lowest BCUT2D eigenvalue weighted by Gasteiger charge is -2.25. The topological polar surface area (TPSA) is 58.6 Å². The Kier molecular flexibility index (Phi) is 8.10. The van der Waals surface area contributed by atoms with E-state index in [4.69, 9.17) is 27.9 Å². The van der Waals surface area contributed by atoms with Crippen molar-refractivity contribution in [2.24, 2.45) is 0 Å². The van der Waals surface area contributed by atoms with Crippen molar-refractivity contribution < 1.29 is 14.6 Å². The van der Waals surface area contributed by atoms with Gasteiger partial charge in [-0.05, 0) is 48.6 Å². The molecule has 0 aliphatic carbocycles. The second-order valence-electron chi connectivity index (χ2n) is 5.60. The van der Waals surface area contributed by atoms with Gasteiger partial charge in [0.2, 0.25) is 0 Å². The van der Waals surface area contributed by atoms with Gasteiger partial charge in [0.1, 0.15) is 0 Å². The van der Waals surface area contributed by atoms with Crippen molar-refractivity contribution in [2.75, 3.05) is 19.4 Å². The fourth-order valence-electron chi connectivity index (χ4n) is 2.59. The standard InChI is InChI=1S/C19H21Cl2NO3S/c1-3-25-19(24)22-11-15(12-7-8-16(20)17(21)10-12)18(23)13-5-4-6-14(9-13)26-2/h4-10,15,18,23H,3,11H2,1-2H3,(H,22,24). The van der Waals surface area contributed by atoms with Gasteiger partial charge in [-0.15, -0.1) is 11.8 Å². The molecule has 0 aliphatic rings. The minimum absolute atomic E-state index is 0.196. The number of alkyl carbamates (subject to hydrolysis) is 1. The molecule has 0 saturated heterocycles. The zero-order chi connectivity index (χ0) is 19.1. The van der Waals surface area contributed by atoms with Crippen LogP contribution in [-0.4, -0.2) is 30.6 Å².